The van der Waals surface area contributed by atoms with Crippen molar-refractivity contribution in [2.24, 2.45) is 0 Å². The summed E-state index contributed by atoms with van der Waals surface area (Å²) in [7, 11) is 1.41. The van der Waals surface area contributed by atoms with Crippen molar-refractivity contribution in [1.82, 2.24) is 14.5 Å². The number of aromatic nitrogens is 3. The van der Waals surface area contributed by atoms with Gasteiger partial charge in [-0.1, -0.05) is 0 Å². The standard InChI is InChI=1S/C14H17N5O5/c1-14(22)10(21)8(5-20)24-13(14)19-4-7(3-15)9-11(18-23-2)16-6-17-12(9)19/h4,6,8,10,13,20-22H,5H2,1-2H3,(H,16,17,18)/t8?,10?,13?,14-/m1/s1. The summed E-state index contributed by atoms with van der Waals surface area (Å²) in [5, 5.41) is 39.8. The van der Waals surface area contributed by atoms with Gasteiger partial charge in [-0.3, -0.25) is 4.84 Å². The van der Waals surface area contributed by atoms with E-state index in [0.29, 0.717) is 11.0 Å². The van der Waals surface area contributed by atoms with Crippen molar-refractivity contribution in [3.8, 4) is 6.07 Å². The minimum absolute atomic E-state index is 0.242. The summed E-state index contributed by atoms with van der Waals surface area (Å²) in [5.74, 6) is 0.287. The van der Waals surface area contributed by atoms with Gasteiger partial charge in [0.1, 0.15) is 35.9 Å². The van der Waals surface area contributed by atoms with E-state index < -0.39 is 30.6 Å². The van der Waals surface area contributed by atoms with Gasteiger partial charge in [-0.15, -0.1) is 0 Å². The van der Waals surface area contributed by atoms with Gasteiger partial charge in [-0.25, -0.2) is 15.4 Å². The Morgan fingerprint density at radius 1 is 1.54 bits per heavy atom. The third-order valence-corrected chi connectivity index (χ3v) is 4.12. The minimum atomic E-state index is -1.69. The minimum Gasteiger partial charge on any atom is -0.394 e. The van der Waals surface area contributed by atoms with E-state index in [1.165, 1.54) is 31.1 Å². The van der Waals surface area contributed by atoms with Crippen LogP contribution in [0.15, 0.2) is 12.5 Å². The lowest BCUT2D eigenvalue weighted by molar-refractivity contribution is -0.0948. The van der Waals surface area contributed by atoms with Gasteiger partial charge in [0.2, 0.25) is 0 Å². The highest BCUT2D eigenvalue weighted by molar-refractivity contribution is 5.92. The SMILES string of the molecule is CONc1ncnc2c1c(C#N)cn2C1OC(CO)C(O)[C@@]1(C)O. The summed E-state index contributed by atoms with van der Waals surface area (Å²) < 4.78 is 7.02. The maximum absolute atomic E-state index is 10.6. The van der Waals surface area contributed by atoms with Crippen LogP contribution in [-0.4, -0.2) is 61.4 Å². The molecule has 0 spiro atoms. The van der Waals surface area contributed by atoms with E-state index in [9.17, 15) is 20.6 Å². The van der Waals surface area contributed by atoms with E-state index in [4.69, 9.17) is 9.57 Å². The Bertz CT molecular complexity index is 799. The van der Waals surface area contributed by atoms with Crippen molar-refractivity contribution in [1.29, 1.82) is 5.26 Å². The number of aliphatic hydroxyl groups excluding tert-OH is 2. The number of rotatable bonds is 4. The van der Waals surface area contributed by atoms with Crippen LogP contribution in [0.25, 0.3) is 11.0 Å². The van der Waals surface area contributed by atoms with Gasteiger partial charge < -0.3 is 24.6 Å². The second-order valence-corrected chi connectivity index (χ2v) is 5.67. The van der Waals surface area contributed by atoms with Gasteiger partial charge in [0, 0.05) is 6.20 Å². The van der Waals surface area contributed by atoms with Crippen LogP contribution in [-0.2, 0) is 9.57 Å². The predicted octanol–water partition coefficient (Wildman–Crippen LogP) is -0.722. The van der Waals surface area contributed by atoms with Crippen molar-refractivity contribution < 1.29 is 24.9 Å². The van der Waals surface area contributed by atoms with Crippen LogP contribution in [0.4, 0.5) is 5.82 Å². The molecular formula is C14H17N5O5. The number of nitrogens with zero attached hydrogens (tertiary/aromatic N) is 4. The number of nitrogens with one attached hydrogen (secondary N) is 1. The number of aliphatic hydroxyl groups is 3. The Morgan fingerprint density at radius 2 is 2.29 bits per heavy atom. The molecule has 10 heteroatoms. The number of fused-ring (bicyclic) bond motifs is 1. The van der Waals surface area contributed by atoms with Crippen molar-refractivity contribution in [3.05, 3.63) is 18.1 Å². The van der Waals surface area contributed by atoms with Crippen LogP contribution in [0.1, 0.15) is 18.7 Å². The number of nitriles is 1. The molecule has 3 rings (SSSR count). The average Bonchev–Trinajstić information content (AvgIpc) is 3.04. The molecule has 1 fully saturated rings. The summed E-state index contributed by atoms with van der Waals surface area (Å²) in [4.78, 5) is 13.0. The molecule has 0 radical (unpaired) electrons. The Hall–Kier alpha value is -2.29. The number of hydrogen-bond acceptors (Lipinski definition) is 9. The van der Waals surface area contributed by atoms with Gasteiger partial charge >= 0.3 is 0 Å². The van der Waals surface area contributed by atoms with Crippen LogP contribution in [0.3, 0.4) is 0 Å². The lowest BCUT2D eigenvalue weighted by Gasteiger charge is -2.27. The first-order valence-corrected chi connectivity index (χ1v) is 7.17. The average molecular weight is 335 g/mol. The maximum Gasteiger partial charge on any atom is 0.167 e. The van der Waals surface area contributed by atoms with Gasteiger partial charge in [-0.2, -0.15) is 5.26 Å². The Morgan fingerprint density at radius 3 is 2.88 bits per heavy atom. The smallest absolute Gasteiger partial charge is 0.167 e. The molecule has 2 aromatic heterocycles. The molecule has 24 heavy (non-hydrogen) atoms. The van der Waals surface area contributed by atoms with Gasteiger partial charge in [0.15, 0.2) is 12.0 Å². The second-order valence-electron chi connectivity index (χ2n) is 5.67. The molecule has 1 aliphatic rings. The molecule has 128 valence electrons. The summed E-state index contributed by atoms with van der Waals surface area (Å²) in [6.07, 6.45) is -0.573. The molecule has 0 saturated carbocycles. The van der Waals surface area contributed by atoms with Gasteiger partial charge in [0.25, 0.3) is 0 Å². The topological polar surface area (TPSA) is 146 Å². The lowest BCUT2D eigenvalue weighted by Crippen LogP contribution is -2.44. The molecule has 1 saturated heterocycles. The normalized spacial score (nSPS) is 29.8. The van der Waals surface area contributed by atoms with Crippen LogP contribution < -0.4 is 5.48 Å². The summed E-state index contributed by atoms with van der Waals surface area (Å²) >= 11 is 0. The third-order valence-electron chi connectivity index (χ3n) is 4.12. The van der Waals surface area contributed by atoms with Crippen molar-refractivity contribution in [2.75, 3.05) is 19.2 Å². The van der Waals surface area contributed by atoms with E-state index in [0.717, 1.165) is 0 Å². The molecule has 2 aromatic rings. The first kappa shape index (κ1) is 16.6. The number of ether oxygens (including phenoxy) is 1. The maximum atomic E-state index is 10.6. The highest BCUT2D eigenvalue weighted by Crippen LogP contribution is 2.40. The zero-order chi connectivity index (χ0) is 17.5. The van der Waals surface area contributed by atoms with Crippen molar-refractivity contribution >= 4 is 16.9 Å². The lowest BCUT2D eigenvalue weighted by atomic mass is 9.96. The summed E-state index contributed by atoms with van der Waals surface area (Å²) in [6.45, 7) is 0.939. The van der Waals surface area contributed by atoms with E-state index >= 15 is 0 Å². The molecule has 0 aliphatic carbocycles. The fourth-order valence-electron chi connectivity index (χ4n) is 2.91. The summed E-state index contributed by atoms with van der Waals surface area (Å²) in [5.41, 5.74) is 1.44. The van der Waals surface area contributed by atoms with Crippen LogP contribution in [0.5, 0.6) is 0 Å². The Balaban J connectivity index is 2.18. The van der Waals surface area contributed by atoms with Gasteiger partial charge in [0.05, 0.1) is 24.7 Å². The molecule has 0 aromatic carbocycles. The Kier molecular flexibility index (Phi) is 4.12. The zero-order valence-corrected chi connectivity index (χ0v) is 13.0. The number of hydrogen-bond donors (Lipinski definition) is 4. The second kappa shape index (κ2) is 5.97. The molecule has 0 amide bonds. The fourth-order valence-corrected chi connectivity index (χ4v) is 2.91. The molecule has 1 aliphatic heterocycles. The van der Waals surface area contributed by atoms with Crippen LogP contribution in [0, 0.1) is 11.3 Å². The van der Waals surface area contributed by atoms with E-state index in [1.54, 1.807) is 0 Å². The van der Waals surface area contributed by atoms with E-state index in [1.807, 2.05) is 6.07 Å². The molecule has 10 nitrogen and oxygen atoms in total. The highest BCUT2D eigenvalue weighted by atomic mass is 16.6. The molecule has 4 N–H and O–H groups in total. The largest absolute Gasteiger partial charge is 0.394 e. The van der Waals surface area contributed by atoms with Gasteiger partial charge in [-0.05, 0) is 6.92 Å². The fraction of sp³-hybridized carbons (Fsp3) is 0.500. The van der Waals surface area contributed by atoms with Crippen molar-refractivity contribution in [2.45, 2.75) is 31.0 Å². The molecular weight excluding hydrogens is 318 g/mol. The zero-order valence-electron chi connectivity index (χ0n) is 13.0. The Labute approximate surface area is 136 Å². The monoisotopic (exact) mass is 335 g/mol. The van der Waals surface area contributed by atoms with Crippen molar-refractivity contribution in [3.63, 3.8) is 0 Å². The first-order valence-electron chi connectivity index (χ1n) is 7.17. The third kappa shape index (κ3) is 2.31. The molecule has 4 atom stereocenters. The molecule has 0 bridgehead atoms. The quantitative estimate of drug-likeness (QED) is 0.531. The number of anilines is 1. The first-order chi connectivity index (χ1) is 11.5. The predicted molar refractivity (Wildman–Crippen MR) is 80.5 cm³/mol. The van der Waals surface area contributed by atoms with E-state index in [-0.39, 0.29) is 11.4 Å². The highest BCUT2D eigenvalue weighted by Gasteiger charge is 2.53. The van der Waals surface area contributed by atoms with Crippen LogP contribution in [0.2, 0.25) is 0 Å². The van der Waals surface area contributed by atoms with Crippen LogP contribution >= 0.6 is 0 Å². The molecule has 3 unspecified atom stereocenters. The summed E-state index contributed by atoms with van der Waals surface area (Å²) in [6, 6.07) is 2.03. The molecule has 3 heterocycles. The van der Waals surface area contributed by atoms with E-state index in [2.05, 4.69) is 15.4 Å².